The molecule has 4 aromatic rings. The first-order chi connectivity index (χ1) is 16.2. The highest BCUT2D eigenvalue weighted by Crippen LogP contribution is 2.37. The minimum absolute atomic E-state index is 0.194. The lowest BCUT2D eigenvalue weighted by atomic mass is 9.96. The number of hydrogen-bond donors (Lipinski definition) is 0. The number of hydrogen-bond acceptors (Lipinski definition) is 5. The van der Waals surface area contributed by atoms with Gasteiger partial charge in [-0.05, 0) is 77.7 Å². The fourth-order valence-corrected chi connectivity index (χ4v) is 3.83. The predicted octanol–water partition coefficient (Wildman–Crippen LogP) is 4.42. The molecule has 34 heavy (non-hydrogen) atoms. The van der Waals surface area contributed by atoms with Crippen LogP contribution in [0.2, 0.25) is 0 Å². The summed E-state index contributed by atoms with van der Waals surface area (Å²) in [6.07, 6.45) is 0. The van der Waals surface area contributed by atoms with Gasteiger partial charge in [-0.2, -0.15) is 9.36 Å². The van der Waals surface area contributed by atoms with Crippen LogP contribution in [0.25, 0.3) is 16.8 Å². The lowest BCUT2D eigenvalue weighted by Crippen LogP contribution is -2.23. The van der Waals surface area contributed by atoms with Crippen molar-refractivity contribution in [2.24, 2.45) is 7.05 Å². The van der Waals surface area contributed by atoms with E-state index in [0.29, 0.717) is 22.6 Å². The first-order valence-corrected chi connectivity index (χ1v) is 10.6. The number of aryl methyl sites for hydroxylation is 4. The molecule has 0 fully saturated rings. The second-order valence-electron chi connectivity index (χ2n) is 8.06. The number of ether oxygens (including phenoxy) is 2. The van der Waals surface area contributed by atoms with Crippen molar-refractivity contribution in [2.75, 3.05) is 7.11 Å². The molecule has 0 N–H and O–H groups in total. The Kier molecular flexibility index (Phi) is 6.19. The molecule has 0 aliphatic heterocycles. The maximum absolute atomic E-state index is 14.0. The third-order valence-electron chi connectivity index (χ3n) is 5.76. The number of benzene rings is 3. The van der Waals surface area contributed by atoms with Crippen LogP contribution in [0, 0.1) is 32.4 Å². The monoisotopic (exact) mass is 466 g/mol. The van der Waals surface area contributed by atoms with E-state index in [2.05, 4.69) is 10.4 Å². The van der Waals surface area contributed by atoms with E-state index >= 15 is 0 Å². The summed E-state index contributed by atoms with van der Waals surface area (Å²) in [6.45, 7) is 5.86. The van der Waals surface area contributed by atoms with Crippen molar-refractivity contribution in [3.63, 3.8) is 0 Å². The molecule has 0 radical (unpaired) electrons. The molecule has 9 heteroatoms. The molecule has 0 amide bonds. The Bertz CT molecular complexity index is 1440. The van der Waals surface area contributed by atoms with Crippen LogP contribution in [0.5, 0.6) is 11.5 Å². The fraction of sp³-hybridized carbons (Fsp3) is 0.240. The van der Waals surface area contributed by atoms with Gasteiger partial charge < -0.3 is 9.47 Å². The minimum Gasteiger partial charge on any atom is -0.496 e. The average Bonchev–Trinajstić information content (AvgIpc) is 3.14. The molecule has 0 bridgehead atoms. The van der Waals surface area contributed by atoms with Crippen molar-refractivity contribution in [3.05, 3.63) is 86.8 Å². The SMILES string of the molecule is COc1cc(F)c(F)cc1-c1cc(C)c(OCc2c(C)cccc2-n2nnn(C)c2=O)cc1C. The second-order valence-corrected chi connectivity index (χ2v) is 8.06. The number of nitrogens with zero attached hydrogens (tertiary/aromatic N) is 4. The average molecular weight is 466 g/mol. The summed E-state index contributed by atoms with van der Waals surface area (Å²) >= 11 is 0. The van der Waals surface area contributed by atoms with E-state index in [1.165, 1.54) is 18.8 Å². The van der Waals surface area contributed by atoms with Gasteiger partial charge in [0.05, 0.1) is 12.8 Å². The van der Waals surface area contributed by atoms with Crippen molar-refractivity contribution in [1.29, 1.82) is 0 Å². The van der Waals surface area contributed by atoms with Crippen molar-refractivity contribution < 1.29 is 18.3 Å². The molecule has 176 valence electrons. The zero-order valence-electron chi connectivity index (χ0n) is 19.5. The van der Waals surface area contributed by atoms with E-state index in [0.717, 1.165) is 39.1 Å². The van der Waals surface area contributed by atoms with Crippen LogP contribution in [0.1, 0.15) is 22.3 Å². The third-order valence-corrected chi connectivity index (χ3v) is 5.76. The Labute approximate surface area is 195 Å². The Hall–Kier alpha value is -4.01. The lowest BCUT2D eigenvalue weighted by molar-refractivity contribution is 0.302. The topological polar surface area (TPSA) is 71.2 Å². The highest BCUT2D eigenvalue weighted by Gasteiger charge is 2.17. The first-order valence-electron chi connectivity index (χ1n) is 10.6. The van der Waals surface area contributed by atoms with Gasteiger partial charge in [0.25, 0.3) is 0 Å². The Balaban J connectivity index is 1.68. The number of rotatable bonds is 6. The Morgan fingerprint density at radius 3 is 2.29 bits per heavy atom. The van der Waals surface area contributed by atoms with Gasteiger partial charge in [0, 0.05) is 24.2 Å². The van der Waals surface area contributed by atoms with Crippen molar-refractivity contribution in [1.82, 2.24) is 19.8 Å². The molecule has 3 aromatic carbocycles. The molecule has 0 unspecified atom stereocenters. The summed E-state index contributed by atoms with van der Waals surface area (Å²) < 4.78 is 41.4. The molecule has 0 saturated carbocycles. The van der Waals surface area contributed by atoms with Gasteiger partial charge in [0.15, 0.2) is 11.6 Å². The van der Waals surface area contributed by atoms with Crippen molar-refractivity contribution in [2.45, 2.75) is 27.4 Å². The number of halogens is 2. The Morgan fingerprint density at radius 2 is 1.62 bits per heavy atom. The van der Waals surface area contributed by atoms with E-state index in [1.807, 2.05) is 45.0 Å². The zero-order chi connectivity index (χ0) is 24.6. The minimum atomic E-state index is -0.967. The van der Waals surface area contributed by atoms with Gasteiger partial charge in [0.1, 0.15) is 18.1 Å². The molecular formula is C25H24F2N4O3. The number of aromatic nitrogens is 4. The van der Waals surface area contributed by atoms with Crippen molar-refractivity contribution in [3.8, 4) is 28.3 Å². The van der Waals surface area contributed by atoms with E-state index in [-0.39, 0.29) is 18.0 Å². The van der Waals surface area contributed by atoms with Gasteiger partial charge in [-0.25, -0.2) is 13.6 Å². The van der Waals surface area contributed by atoms with E-state index in [9.17, 15) is 13.6 Å². The van der Waals surface area contributed by atoms with Crippen LogP contribution in [0.4, 0.5) is 8.78 Å². The van der Waals surface area contributed by atoms with Gasteiger partial charge >= 0.3 is 5.69 Å². The van der Waals surface area contributed by atoms with Gasteiger partial charge in [0.2, 0.25) is 0 Å². The fourth-order valence-electron chi connectivity index (χ4n) is 3.83. The molecule has 1 heterocycles. The summed E-state index contributed by atoms with van der Waals surface area (Å²) in [7, 11) is 2.95. The van der Waals surface area contributed by atoms with Crippen LogP contribution >= 0.6 is 0 Å². The normalized spacial score (nSPS) is 11.0. The second kappa shape index (κ2) is 9.09. The molecule has 7 nitrogen and oxygen atoms in total. The summed E-state index contributed by atoms with van der Waals surface area (Å²) in [6, 6.07) is 11.4. The Morgan fingerprint density at radius 1 is 0.882 bits per heavy atom. The molecular weight excluding hydrogens is 442 g/mol. The maximum Gasteiger partial charge on any atom is 0.368 e. The van der Waals surface area contributed by atoms with Crippen molar-refractivity contribution >= 4 is 0 Å². The van der Waals surface area contributed by atoms with Crippen LogP contribution in [-0.4, -0.2) is 26.9 Å². The maximum atomic E-state index is 14.0. The van der Waals surface area contributed by atoms with Crippen LogP contribution in [0.3, 0.4) is 0 Å². The number of tetrazole rings is 1. The third kappa shape index (κ3) is 4.16. The quantitative estimate of drug-likeness (QED) is 0.421. The number of methoxy groups -OCH3 is 1. The van der Waals surface area contributed by atoms with Gasteiger partial charge in [-0.15, -0.1) is 0 Å². The summed E-state index contributed by atoms with van der Waals surface area (Å²) in [5.74, 6) is -1.04. The standard InChI is InChI=1S/C25H24F2N4O3/c1-14-7-6-8-22(31-25(32)30(4)28-29-31)19(14)13-34-23-10-15(2)17(9-16(23)3)18-11-20(26)21(27)12-24(18)33-5/h6-12H,13H2,1-5H3. The predicted molar refractivity (Wildman–Crippen MR) is 123 cm³/mol. The largest absolute Gasteiger partial charge is 0.496 e. The van der Waals surface area contributed by atoms with Crippen LogP contribution in [-0.2, 0) is 13.7 Å². The van der Waals surface area contributed by atoms with Crippen LogP contribution < -0.4 is 15.2 Å². The molecule has 0 atom stereocenters. The highest BCUT2D eigenvalue weighted by molar-refractivity contribution is 5.75. The summed E-state index contributed by atoms with van der Waals surface area (Å²) in [4.78, 5) is 12.4. The molecule has 0 aliphatic carbocycles. The lowest BCUT2D eigenvalue weighted by Gasteiger charge is -2.17. The van der Waals surface area contributed by atoms with Crippen LogP contribution in [0.15, 0.2) is 47.3 Å². The summed E-state index contributed by atoms with van der Waals surface area (Å²) in [5, 5.41) is 7.73. The van der Waals surface area contributed by atoms with Gasteiger partial charge in [-0.1, -0.05) is 12.1 Å². The van der Waals surface area contributed by atoms with E-state index < -0.39 is 11.6 Å². The summed E-state index contributed by atoms with van der Waals surface area (Å²) in [5.41, 5.74) is 4.75. The smallest absolute Gasteiger partial charge is 0.368 e. The van der Waals surface area contributed by atoms with E-state index in [4.69, 9.17) is 9.47 Å². The molecule has 0 spiro atoms. The zero-order valence-corrected chi connectivity index (χ0v) is 19.5. The molecule has 1 aromatic heterocycles. The molecule has 4 rings (SSSR count). The van der Waals surface area contributed by atoms with E-state index in [1.54, 1.807) is 6.07 Å². The molecule has 0 aliphatic rings. The highest BCUT2D eigenvalue weighted by atomic mass is 19.2. The molecule has 0 saturated heterocycles. The first kappa shape index (κ1) is 23.2. The van der Waals surface area contributed by atoms with Gasteiger partial charge in [-0.3, -0.25) is 0 Å².